The lowest BCUT2D eigenvalue weighted by atomic mass is 10.1. The van der Waals surface area contributed by atoms with E-state index in [1.54, 1.807) is 6.92 Å². The van der Waals surface area contributed by atoms with Crippen molar-refractivity contribution >= 4 is 5.69 Å². The summed E-state index contributed by atoms with van der Waals surface area (Å²) in [5.41, 5.74) is 0.707. The van der Waals surface area contributed by atoms with Crippen LogP contribution in [0.5, 0.6) is 0 Å². The number of benzene rings is 2. The molecular formula is C14H11F4N. The molecule has 0 bridgehead atoms. The van der Waals surface area contributed by atoms with Crippen molar-refractivity contribution in [3.63, 3.8) is 0 Å². The summed E-state index contributed by atoms with van der Waals surface area (Å²) >= 11 is 0. The molecule has 0 aromatic heterocycles. The Labute approximate surface area is 107 Å². The lowest BCUT2D eigenvalue weighted by Gasteiger charge is -2.16. The number of anilines is 1. The molecule has 0 aliphatic heterocycles. The van der Waals surface area contributed by atoms with Crippen molar-refractivity contribution in [3.8, 4) is 0 Å². The van der Waals surface area contributed by atoms with E-state index in [0.717, 1.165) is 18.2 Å². The van der Waals surface area contributed by atoms with E-state index in [2.05, 4.69) is 5.32 Å². The minimum Gasteiger partial charge on any atom is -0.378 e. The Morgan fingerprint density at radius 3 is 2.05 bits per heavy atom. The summed E-state index contributed by atoms with van der Waals surface area (Å²) in [6, 6.07) is 6.01. The Balaban J connectivity index is 2.20. The smallest absolute Gasteiger partial charge is 0.160 e. The van der Waals surface area contributed by atoms with Crippen LogP contribution < -0.4 is 5.32 Å². The molecule has 2 aromatic rings. The lowest BCUT2D eigenvalue weighted by molar-refractivity contribution is 0.509. The van der Waals surface area contributed by atoms with Gasteiger partial charge in [-0.1, -0.05) is 0 Å². The monoisotopic (exact) mass is 269 g/mol. The lowest BCUT2D eigenvalue weighted by Crippen LogP contribution is -2.07. The predicted octanol–water partition coefficient (Wildman–Crippen LogP) is 4.42. The van der Waals surface area contributed by atoms with Gasteiger partial charge in [-0.25, -0.2) is 17.6 Å². The van der Waals surface area contributed by atoms with E-state index in [9.17, 15) is 17.6 Å². The van der Waals surface area contributed by atoms with Crippen molar-refractivity contribution in [3.05, 3.63) is 65.2 Å². The maximum atomic E-state index is 13.1. The molecular weight excluding hydrogens is 258 g/mol. The van der Waals surface area contributed by atoms with Gasteiger partial charge in [-0.2, -0.15) is 0 Å². The highest BCUT2D eigenvalue weighted by Gasteiger charge is 2.10. The number of hydrogen-bond acceptors (Lipinski definition) is 1. The van der Waals surface area contributed by atoms with Crippen molar-refractivity contribution in [2.75, 3.05) is 5.32 Å². The summed E-state index contributed by atoms with van der Waals surface area (Å²) in [5.74, 6) is -3.31. The first-order valence-electron chi connectivity index (χ1n) is 5.63. The van der Waals surface area contributed by atoms with Crippen molar-refractivity contribution < 1.29 is 17.6 Å². The zero-order valence-corrected chi connectivity index (χ0v) is 10.1. The maximum absolute atomic E-state index is 13.1. The molecule has 1 N–H and O–H groups in total. The van der Waals surface area contributed by atoms with E-state index in [4.69, 9.17) is 0 Å². The summed E-state index contributed by atoms with van der Waals surface area (Å²) in [4.78, 5) is 0. The van der Waals surface area contributed by atoms with Crippen molar-refractivity contribution in [1.82, 2.24) is 0 Å². The minimum atomic E-state index is -0.984. The van der Waals surface area contributed by atoms with Gasteiger partial charge >= 0.3 is 0 Å². The fraction of sp³-hybridized carbons (Fsp3) is 0.143. The normalized spacial score (nSPS) is 12.3. The first kappa shape index (κ1) is 13.4. The van der Waals surface area contributed by atoms with E-state index >= 15 is 0 Å². The molecule has 0 fully saturated rings. The molecule has 19 heavy (non-hydrogen) atoms. The molecule has 100 valence electrons. The molecule has 1 unspecified atom stereocenters. The molecule has 5 heteroatoms. The zero-order valence-electron chi connectivity index (χ0n) is 10.1. The van der Waals surface area contributed by atoms with E-state index in [1.165, 1.54) is 18.2 Å². The van der Waals surface area contributed by atoms with Crippen molar-refractivity contribution in [1.29, 1.82) is 0 Å². The van der Waals surface area contributed by atoms with Crippen LogP contribution >= 0.6 is 0 Å². The van der Waals surface area contributed by atoms with E-state index < -0.39 is 29.3 Å². The molecule has 0 amide bonds. The van der Waals surface area contributed by atoms with E-state index in [1.807, 2.05) is 0 Å². The average molecular weight is 269 g/mol. The van der Waals surface area contributed by atoms with Gasteiger partial charge in [-0.05, 0) is 36.8 Å². The summed E-state index contributed by atoms with van der Waals surface area (Å²) in [7, 11) is 0. The van der Waals surface area contributed by atoms with Gasteiger partial charge in [0.25, 0.3) is 0 Å². The van der Waals surface area contributed by atoms with E-state index in [0.29, 0.717) is 11.3 Å². The van der Waals surface area contributed by atoms with Gasteiger partial charge in [0.05, 0.1) is 0 Å². The molecule has 0 aliphatic carbocycles. The highest BCUT2D eigenvalue weighted by atomic mass is 19.2. The summed E-state index contributed by atoms with van der Waals surface area (Å²) in [6.07, 6.45) is 0. The fourth-order valence-electron chi connectivity index (χ4n) is 1.74. The van der Waals surface area contributed by atoms with Gasteiger partial charge in [-0.3, -0.25) is 0 Å². The Morgan fingerprint density at radius 2 is 1.47 bits per heavy atom. The quantitative estimate of drug-likeness (QED) is 0.813. The van der Waals surface area contributed by atoms with Crippen molar-refractivity contribution in [2.24, 2.45) is 0 Å². The Bertz CT molecular complexity index is 578. The van der Waals surface area contributed by atoms with Crippen LogP contribution in [0.1, 0.15) is 18.5 Å². The van der Waals surface area contributed by atoms with Crippen LogP contribution in [0.3, 0.4) is 0 Å². The van der Waals surface area contributed by atoms with Gasteiger partial charge in [0, 0.05) is 23.9 Å². The third-order valence-corrected chi connectivity index (χ3v) is 2.69. The minimum absolute atomic E-state index is 0.330. The van der Waals surface area contributed by atoms with Crippen LogP contribution in [-0.2, 0) is 0 Å². The van der Waals surface area contributed by atoms with Crippen LogP contribution in [0.2, 0.25) is 0 Å². The van der Waals surface area contributed by atoms with Gasteiger partial charge < -0.3 is 5.32 Å². The summed E-state index contributed by atoms with van der Waals surface area (Å²) < 4.78 is 51.9. The topological polar surface area (TPSA) is 12.0 Å². The van der Waals surface area contributed by atoms with Crippen LogP contribution in [0.25, 0.3) is 0 Å². The average Bonchev–Trinajstić information content (AvgIpc) is 2.32. The molecule has 1 atom stereocenters. The first-order chi connectivity index (χ1) is 8.95. The van der Waals surface area contributed by atoms with Gasteiger partial charge in [0.15, 0.2) is 11.6 Å². The van der Waals surface area contributed by atoms with Crippen LogP contribution in [0.15, 0.2) is 36.4 Å². The molecule has 2 rings (SSSR count). The fourth-order valence-corrected chi connectivity index (χ4v) is 1.74. The zero-order chi connectivity index (χ0) is 14.0. The predicted molar refractivity (Wildman–Crippen MR) is 64.8 cm³/mol. The maximum Gasteiger partial charge on any atom is 0.160 e. The summed E-state index contributed by atoms with van der Waals surface area (Å²) in [5, 5.41) is 2.84. The van der Waals surface area contributed by atoms with Gasteiger partial charge in [0.2, 0.25) is 0 Å². The second-order valence-electron chi connectivity index (χ2n) is 4.20. The number of halogens is 4. The number of rotatable bonds is 3. The third-order valence-electron chi connectivity index (χ3n) is 2.69. The summed E-state index contributed by atoms with van der Waals surface area (Å²) in [6.45, 7) is 1.66. The number of nitrogens with one attached hydrogen (secondary N) is 1. The van der Waals surface area contributed by atoms with Gasteiger partial charge in [0.1, 0.15) is 11.6 Å². The van der Waals surface area contributed by atoms with E-state index in [-0.39, 0.29) is 0 Å². The SMILES string of the molecule is CC(Nc1ccc(F)c(F)c1)c1cc(F)cc(F)c1. The number of hydrogen-bond donors (Lipinski definition) is 1. The first-order valence-corrected chi connectivity index (χ1v) is 5.63. The van der Waals surface area contributed by atoms with Gasteiger partial charge in [-0.15, -0.1) is 0 Å². The largest absolute Gasteiger partial charge is 0.378 e. The van der Waals surface area contributed by atoms with Crippen LogP contribution in [-0.4, -0.2) is 0 Å². The molecule has 0 aliphatic rings. The highest BCUT2D eigenvalue weighted by Crippen LogP contribution is 2.22. The molecule has 0 radical (unpaired) electrons. The Hall–Kier alpha value is -2.04. The third kappa shape index (κ3) is 3.24. The second-order valence-corrected chi connectivity index (χ2v) is 4.20. The molecule has 0 saturated heterocycles. The molecule has 2 aromatic carbocycles. The Morgan fingerprint density at radius 1 is 0.842 bits per heavy atom. The molecule has 0 saturated carbocycles. The molecule has 0 spiro atoms. The van der Waals surface area contributed by atoms with Crippen LogP contribution in [0.4, 0.5) is 23.2 Å². The van der Waals surface area contributed by atoms with Crippen molar-refractivity contribution in [2.45, 2.75) is 13.0 Å². The van der Waals surface area contributed by atoms with Crippen LogP contribution in [0, 0.1) is 23.3 Å². The Kier molecular flexibility index (Phi) is 3.74. The highest BCUT2D eigenvalue weighted by molar-refractivity contribution is 5.45. The standard InChI is InChI=1S/C14H11F4N/c1-8(9-4-10(15)6-11(16)5-9)19-12-2-3-13(17)14(18)7-12/h2-8,19H,1H3. The molecule has 1 nitrogen and oxygen atoms in total. The molecule has 0 heterocycles. The second kappa shape index (κ2) is 5.30.